The highest BCUT2D eigenvalue weighted by molar-refractivity contribution is 7.09. The van der Waals surface area contributed by atoms with Crippen LogP contribution in [0, 0.1) is 0 Å². The van der Waals surface area contributed by atoms with E-state index >= 15 is 0 Å². The largest absolute Gasteiger partial charge is 0.469 e. The molecule has 0 aromatic carbocycles. The molecule has 2 aromatic rings. The van der Waals surface area contributed by atoms with Crippen LogP contribution in [0.1, 0.15) is 36.1 Å². The van der Waals surface area contributed by atoms with Crippen LogP contribution >= 0.6 is 11.3 Å². The summed E-state index contributed by atoms with van der Waals surface area (Å²) in [5.74, 6) is 1.08. The summed E-state index contributed by atoms with van der Waals surface area (Å²) in [7, 11) is 0. The van der Waals surface area contributed by atoms with Crippen molar-refractivity contribution in [1.29, 1.82) is 0 Å². The molecule has 2 aromatic heterocycles. The van der Waals surface area contributed by atoms with Crippen LogP contribution in [0.25, 0.3) is 0 Å². The smallest absolute Gasteiger partial charge is 0.108 e. The highest BCUT2D eigenvalue weighted by atomic mass is 32.1. The van der Waals surface area contributed by atoms with Crippen molar-refractivity contribution in [2.24, 2.45) is 0 Å². The van der Waals surface area contributed by atoms with Crippen molar-refractivity contribution in [1.82, 2.24) is 10.3 Å². The maximum atomic E-state index is 5.51. The van der Waals surface area contributed by atoms with Crippen LogP contribution in [0.15, 0.2) is 28.5 Å². The summed E-state index contributed by atoms with van der Waals surface area (Å²) in [5, 5.41) is 3.52. The topological polar surface area (TPSA) is 38.1 Å². The molecule has 4 heteroatoms. The summed E-state index contributed by atoms with van der Waals surface area (Å²) in [5.41, 5.74) is 3.16. The van der Waals surface area contributed by atoms with Gasteiger partial charge in [0.15, 0.2) is 0 Å². The van der Waals surface area contributed by atoms with Crippen LogP contribution in [0.5, 0.6) is 0 Å². The van der Waals surface area contributed by atoms with Crippen molar-refractivity contribution in [2.45, 2.75) is 32.7 Å². The Hall–Kier alpha value is -1.13. The minimum atomic E-state index is 0.328. The van der Waals surface area contributed by atoms with Crippen LogP contribution in [0.4, 0.5) is 0 Å². The Bertz CT molecular complexity index is 436. The summed E-state index contributed by atoms with van der Waals surface area (Å²) in [6.07, 6.45) is 5.64. The first-order valence-corrected chi connectivity index (χ1v) is 6.90. The zero-order valence-corrected chi connectivity index (χ0v) is 11.1. The molecular formula is C13H18N2OS. The predicted molar refractivity (Wildman–Crippen MR) is 70.3 cm³/mol. The van der Waals surface area contributed by atoms with E-state index in [-0.39, 0.29) is 0 Å². The Morgan fingerprint density at radius 2 is 2.35 bits per heavy atom. The Morgan fingerprint density at radius 3 is 3.00 bits per heavy atom. The van der Waals surface area contributed by atoms with Gasteiger partial charge in [0.2, 0.25) is 0 Å². The van der Waals surface area contributed by atoms with Gasteiger partial charge in [-0.3, -0.25) is 4.98 Å². The van der Waals surface area contributed by atoms with Crippen molar-refractivity contribution in [3.8, 4) is 0 Å². The number of hydrogen-bond acceptors (Lipinski definition) is 4. The fourth-order valence-corrected chi connectivity index (χ4v) is 2.67. The average molecular weight is 250 g/mol. The number of aromatic nitrogens is 1. The highest BCUT2D eigenvalue weighted by Crippen LogP contribution is 2.24. The lowest BCUT2D eigenvalue weighted by atomic mass is 10.0. The van der Waals surface area contributed by atoms with Gasteiger partial charge in [-0.05, 0) is 12.6 Å². The molecule has 0 fully saturated rings. The normalized spacial score (nSPS) is 12.8. The SMILES string of the molecule is CCNC(Cc1cncs1)c1ccoc1CC. The molecule has 0 saturated carbocycles. The lowest BCUT2D eigenvalue weighted by Crippen LogP contribution is -2.23. The molecule has 0 aliphatic heterocycles. The average Bonchev–Trinajstić information content (AvgIpc) is 2.98. The predicted octanol–water partition coefficient (Wildman–Crippen LogP) is 3.19. The molecule has 2 rings (SSSR count). The molecular weight excluding hydrogens is 232 g/mol. The number of aryl methyl sites for hydroxylation is 1. The molecule has 0 bridgehead atoms. The monoisotopic (exact) mass is 250 g/mol. The van der Waals surface area contributed by atoms with E-state index in [2.05, 4.69) is 30.2 Å². The fourth-order valence-electron chi connectivity index (χ4n) is 2.03. The third-order valence-corrected chi connectivity index (χ3v) is 3.62. The van der Waals surface area contributed by atoms with Crippen LogP contribution in [0.3, 0.4) is 0 Å². The van der Waals surface area contributed by atoms with Gasteiger partial charge >= 0.3 is 0 Å². The standard InChI is InChI=1S/C13H18N2OS/c1-3-13-11(5-6-16-13)12(15-4-2)7-10-8-14-9-17-10/h5-6,8-9,12,15H,3-4,7H2,1-2H3. The molecule has 1 unspecified atom stereocenters. The number of hydrogen-bond donors (Lipinski definition) is 1. The van der Waals surface area contributed by atoms with Crippen molar-refractivity contribution < 1.29 is 4.42 Å². The molecule has 0 aliphatic rings. The molecule has 2 heterocycles. The third kappa shape index (κ3) is 2.96. The maximum Gasteiger partial charge on any atom is 0.108 e. The molecule has 0 amide bonds. The van der Waals surface area contributed by atoms with E-state index < -0.39 is 0 Å². The van der Waals surface area contributed by atoms with Gasteiger partial charge in [0.1, 0.15) is 5.76 Å². The summed E-state index contributed by atoms with van der Waals surface area (Å²) in [4.78, 5) is 5.43. The quantitative estimate of drug-likeness (QED) is 0.855. The first-order valence-electron chi connectivity index (χ1n) is 6.02. The molecule has 92 valence electrons. The minimum Gasteiger partial charge on any atom is -0.469 e. The Morgan fingerprint density at radius 1 is 1.47 bits per heavy atom. The summed E-state index contributed by atoms with van der Waals surface area (Å²) in [6.45, 7) is 5.21. The first kappa shape index (κ1) is 12.3. The minimum absolute atomic E-state index is 0.328. The Labute approximate surface area is 106 Å². The van der Waals surface area contributed by atoms with Crippen LogP contribution in [-0.4, -0.2) is 11.5 Å². The zero-order valence-electron chi connectivity index (χ0n) is 10.3. The molecule has 17 heavy (non-hydrogen) atoms. The van der Waals surface area contributed by atoms with Crippen LogP contribution < -0.4 is 5.32 Å². The van der Waals surface area contributed by atoms with E-state index in [1.807, 2.05) is 11.7 Å². The van der Waals surface area contributed by atoms with Gasteiger partial charge in [-0.25, -0.2) is 0 Å². The lowest BCUT2D eigenvalue weighted by Gasteiger charge is -2.16. The van der Waals surface area contributed by atoms with E-state index in [0.29, 0.717) is 6.04 Å². The number of rotatable bonds is 6. The van der Waals surface area contributed by atoms with Gasteiger partial charge < -0.3 is 9.73 Å². The molecule has 0 radical (unpaired) electrons. The maximum absolute atomic E-state index is 5.51. The lowest BCUT2D eigenvalue weighted by molar-refractivity contribution is 0.488. The number of likely N-dealkylation sites (N-methyl/N-ethyl adjacent to an activating group) is 1. The van der Waals surface area contributed by atoms with Crippen LogP contribution in [0.2, 0.25) is 0 Å². The van der Waals surface area contributed by atoms with Gasteiger partial charge in [-0.15, -0.1) is 11.3 Å². The van der Waals surface area contributed by atoms with E-state index in [0.717, 1.165) is 25.1 Å². The summed E-state index contributed by atoms with van der Waals surface area (Å²) < 4.78 is 5.51. The van der Waals surface area contributed by atoms with Crippen molar-refractivity contribution in [2.75, 3.05) is 6.54 Å². The van der Waals surface area contributed by atoms with Crippen molar-refractivity contribution in [3.63, 3.8) is 0 Å². The van der Waals surface area contributed by atoms with E-state index in [1.165, 1.54) is 10.4 Å². The Balaban J connectivity index is 2.16. The van der Waals surface area contributed by atoms with Crippen molar-refractivity contribution in [3.05, 3.63) is 40.2 Å². The number of furan rings is 1. The van der Waals surface area contributed by atoms with Gasteiger partial charge in [-0.1, -0.05) is 13.8 Å². The van der Waals surface area contributed by atoms with E-state index in [9.17, 15) is 0 Å². The molecule has 3 nitrogen and oxygen atoms in total. The van der Waals surface area contributed by atoms with Gasteiger partial charge in [-0.2, -0.15) is 0 Å². The second kappa shape index (κ2) is 5.98. The number of thiazole rings is 1. The van der Waals surface area contributed by atoms with Gasteiger partial charge in [0.25, 0.3) is 0 Å². The van der Waals surface area contributed by atoms with E-state index in [1.54, 1.807) is 17.6 Å². The fraction of sp³-hybridized carbons (Fsp3) is 0.462. The highest BCUT2D eigenvalue weighted by Gasteiger charge is 2.17. The summed E-state index contributed by atoms with van der Waals surface area (Å²) in [6, 6.07) is 2.40. The van der Waals surface area contributed by atoms with Crippen LogP contribution in [-0.2, 0) is 12.8 Å². The first-order chi connectivity index (χ1) is 8.35. The number of nitrogens with one attached hydrogen (secondary N) is 1. The molecule has 0 aliphatic carbocycles. The van der Waals surface area contributed by atoms with Crippen molar-refractivity contribution >= 4 is 11.3 Å². The molecule has 0 spiro atoms. The van der Waals surface area contributed by atoms with Gasteiger partial charge in [0.05, 0.1) is 11.8 Å². The molecule has 1 atom stereocenters. The second-order valence-electron chi connectivity index (χ2n) is 3.93. The van der Waals surface area contributed by atoms with E-state index in [4.69, 9.17) is 4.42 Å². The molecule has 0 saturated heterocycles. The van der Waals surface area contributed by atoms with Gasteiger partial charge in [0, 0.05) is 35.5 Å². The second-order valence-corrected chi connectivity index (χ2v) is 4.91. The summed E-state index contributed by atoms with van der Waals surface area (Å²) >= 11 is 1.71. The Kier molecular flexibility index (Phi) is 4.34. The number of nitrogens with zero attached hydrogens (tertiary/aromatic N) is 1. The zero-order chi connectivity index (χ0) is 12.1. The third-order valence-electron chi connectivity index (χ3n) is 2.82. The molecule has 1 N–H and O–H groups in total.